The smallest absolute Gasteiger partial charge is 0.252 e. The van der Waals surface area contributed by atoms with Crippen molar-refractivity contribution in [1.82, 2.24) is 15.2 Å². The summed E-state index contributed by atoms with van der Waals surface area (Å²) in [6.45, 7) is 4.59. The van der Waals surface area contributed by atoms with Gasteiger partial charge in [0.05, 0.1) is 23.4 Å². The third-order valence-electron chi connectivity index (χ3n) is 6.86. The number of aromatic nitrogens is 1. The second-order valence-corrected chi connectivity index (χ2v) is 9.72. The fourth-order valence-electron chi connectivity index (χ4n) is 5.07. The number of benzene rings is 3. The molecule has 1 fully saturated rings. The number of amides is 1. The average Bonchev–Trinajstić information content (AvgIpc) is 2.88. The van der Waals surface area contributed by atoms with Crippen LogP contribution in [0, 0.1) is 5.92 Å². The normalized spacial score (nSPS) is 17.1. The number of ether oxygens (including phenoxy) is 1. The number of carbonyl (C=O) groups excluding carboxylic acids is 1. The van der Waals surface area contributed by atoms with E-state index in [-0.39, 0.29) is 11.9 Å². The molecule has 0 bridgehead atoms. The first kappa shape index (κ1) is 24.0. The Labute approximate surface area is 213 Å². The predicted octanol–water partition coefficient (Wildman–Crippen LogP) is 5.94. The molecule has 5 heteroatoms. The van der Waals surface area contributed by atoms with E-state index in [0.717, 1.165) is 53.8 Å². The molecule has 1 N–H and O–H groups in total. The van der Waals surface area contributed by atoms with Crippen LogP contribution in [-0.4, -0.2) is 42.0 Å². The summed E-state index contributed by atoms with van der Waals surface area (Å²) in [5.41, 5.74) is 4.58. The van der Waals surface area contributed by atoms with Gasteiger partial charge in [-0.05, 0) is 74.7 Å². The molecular weight excluding hydrogens is 446 g/mol. The molecular formula is C31H33N3O2. The van der Waals surface area contributed by atoms with Gasteiger partial charge in [-0.25, -0.2) is 4.98 Å². The molecule has 1 saturated carbocycles. The number of carbonyl (C=O) groups is 1. The second kappa shape index (κ2) is 10.9. The number of fused-ring (bicyclic) bond motifs is 1. The molecule has 36 heavy (non-hydrogen) atoms. The summed E-state index contributed by atoms with van der Waals surface area (Å²) in [5.74, 6) is 1.41. The van der Waals surface area contributed by atoms with Crippen LogP contribution in [0.25, 0.3) is 22.2 Å². The Morgan fingerprint density at radius 1 is 1.00 bits per heavy atom. The Bertz CT molecular complexity index is 1310. The molecule has 1 amide bonds. The van der Waals surface area contributed by atoms with Gasteiger partial charge >= 0.3 is 0 Å². The van der Waals surface area contributed by atoms with E-state index in [2.05, 4.69) is 47.6 Å². The largest absolute Gasteiger partial charge is 0.494 e. The lowest BCUT2D eigenvalue weighted by atomic mass is 9.79. The minimum atomic E-state index is -0.0260. The van der Waals surface area contributed by atoms with Crippen molar-refractivity contribution in [3.05, 3.63) is 96.1 Å². The van der Waals surface area contributed by atoms with E-state index in [0.29, 0.717) is 18.1 Å². The quantitative estimate of drug-likeness (QED) is 0.323. The predicted molar refractivity (Wildman–Crippen MR) is 145 cm³/mol. The van der Waals surface area contributed by atoms with Gasteiger partial charge < -0.3 is 15.0 Å². The van der Waals surface area contributed by atoms with Crippen LogP contribution >= 0.6 is 0 Å². The van der Waals surface area contributed by atoms with Crippen molar-refractivity contribution in [3.63, 3.8) is 0 Å². The molecule has 3 aromatic carbocycles. The first-order chi connectivity index (χ1) is 17.6. The zero-order valence-electron chi connectivity index (χ0n) is 21.0. The van der Waals surface area contributed by atoms with Crippen molar-refractivity contribution >= 4 is 16.8 Å². The number of hydrogen-bond acceptors (Lipinski definition) is 4. The molecule has 0 atom stereocenters. The van der Waals surface area contributed by atoms with Gasteiger partial charge in [-0.3, -0.25) is 4.79 Å². The molecule has 5 nitrogen and oxygen atoms in total. The van der Waals surface area contributed by atoms with Gasteiger partial charge in [-0.15, -0.1) is 0 Å². The number of hydrogen-bond donors (Lipinski definition) is 1. The monoisotopic (exact) mass is 479 g/mol. The average molecular weight is 480 g/mol. The summed E-state index contributed by atoms with van der Waals surface area (Å²) in [6, 6.07) is 28.4. The Balaban J connectivity index is 1.25. The molecule has 0 saturated heterocycles. The van der Waals surface area contributed by atoms with Gasteiger partial charge in [0.1, 0.15) is 5.75 Å². The topological polar surface area (TPSA) is 54.5 Å². The van der Waals surface area contributed by atoms with Crippen molar-refractivity contribution in [2.24, 2.45) is 5.92 Å². The highest BCUT2D eigenvalue weighted by molar-refractivity contribution is 6.07. The highest BCUT2D eigenvalue weighted by Crippen LogP contribution is 2.30. The molecule has 1 heterocycles. The van der Waals surface area contributed by atoms with Crippen molar-refractivity contribution in [3.8, 4) is 17.0 Å². The Kier molecular flexibility index (Phi) is 7.28. The summed E-state index contributed by atoms with van der Waals surface area (Å²) in [7, 11) is 2.17. The van der Waals surface area contributed by atoms with E-state index in [9.17, 15) is 4.79 Å². The summed E-state index contributed by atoms with van der Waals surface area (Å²) in [4.78, 5) is 20.6. The van der Waals surface area contributed by atoms with Crippen LogP contribution in [0.3, 0.4) is 0 Å². The van der Waals surface area contributed by atoms with E-state index >= 15 is 0 Å². The highest BCUT2D eigenvalue weighted by atomic mass is 16.5. The molecule has 0 radical (unpaired) electrons. The standard InChI is InChI=1S/C31H33N3O2/c1-3-36-26-15-13-24(14-16-26)30-19-28(27-11-7-8-12-29(27)33-30)31(35)32-25-17-23(18-25)21-34(2)20-22-9-5-4-6-10-22/h4-16,19,23,25H,3,17-18,20-21H2,1-2H3,(H,32,35). The van der Waals surface area contributed by atoms with Crippen molar-refractivity contribution in [1.29, 1.82) is 0 Å². The van der Waals surface area contributed by atoms with E-state index in [1.165, 1.54) is 5.56 Å². The maximum Gasteiger partial charge on any atom is 0.252 e. The van der Waals surface area contributed by atoms with Crippen LogP contribution in [0.5, 0.6) is 5.75 Å². The van der Waals surface area contributed by atoms with E-state index in [1.807, 2.05) is 61.5 Å². The van der Waals surface area contributed by atoms with Crippen molar-refractivity contribution in [2.75, 3.05) is 20.2 Å². The van der Waals surface area contributed by atoms with Gasteiger partial charge in [0.25, 0.3) is 5.91 Å². The fraction of sp³-hybridized carbons (Fsp3) is 0.290. The first-order valence-electron chi connectivity index (χ1n) is 12.8. The summed E-state index contributed by atoms with van der Waals surface area (Å²) in [5, 5.41) is 4.15. The number of rotatable bonds is 9. The zero-order valence-corrected chi connectivity index (χ0v) is 21.0. The Hall–Kier alpha value is -3.70. The third-order valence-corrected chi connectivity index (χ3v) is 6.86. The molecule has 1 aliphatic carbocycles. The van der Waals surface area contributed by atoms with E-state index in [1.54, 1.807) is 0 Å². The first-order valence-corrected chi connectivity index (χ1v) is 12.8. The molecule has 5 rings (SSSR count). The summed E-state index contributed by atoms with van der Waals surface area (Å²) in [6.07, 6.45) is 2.03. The third kappa shape index (κ3) is 5.58. The highest BCUT2D eigenvalue weighted by Gasteiger charge is 2.31. The van der Waals surface area contributed by atoms with Gasteiger partial charge in [-0.1, -0.05) is 48.5 Å². The Morgan fingerprint density at radius 2 is 1.72 bits per heavy atom. The van der Waals surface area contributed by atoms with Crippen molar-refractivity contribution < 1.29 is 9.53 Å². The molecule has 1 aromatic heterocycles. The van der Waals surface area contributed by atoms with Gasteiger partial charge in [0.2, 0.25) is 0 Å². The van der Waals surface area contributed by atoms with E-state index < -0.39 is 0 Å². The lowest BCUT2D eigenvalue weighted by molar-refractivity contribution is 0.0868. The van der Waals surface area contributed by atoms with Crippen LogP contribution in [0.2, 0.25) is 0 Å². The van der Waals surface area contributed by atoms with Crippen LogP contribution in [0.15, 0.2) is 84.9 Å². The van der Waals surface area contributed by atoms with Crippen LogP contribution in [0.1, 0.15) is 35.7 Å². The molecule has 0 unspecified atom stereocenters. The van der Waals surface area contributed by atoms with Crippen molar-refractivity contribution in [2.45, 2.75) is 32.4 Å². The number of nitrogens with zero attached hydrogens (tertiary/aromatic N) is 2. The van der Waals surface area contributed by atoms with Crippen LogP contribution < -0.4 is 10.1 Å². The summed E-state index contributed by atoms with van der Waals surface area (Å²) < 4.78 is 5.57. The second-order valence-electron chi connectivity index (χ2n) is 9.72. The van der Waals surface area contributed by atoms with Gasteiger partial charge in [0, 0.05) is 30.1 Å². The van der Waals surface area contributed by atoms with Crippen LogP contribution in [0.4, 0.5) is 0 Å². The molecule has 0 spiro atoms. The van der Waals surface area contributed by atoms with Gasteiger partial charge in [0.15, 0.2) is 0 Å². The molecule has 184 valence electrons. The number of nitrogens with one attached hydrogen (secondary N) is 1. The number of pyridine rings is 1. The lowest BCUT2D eigenvalue weighted by Gasteiger charge is -2.38. The van der Waals surface area contributed by atoms with Gasteiger partial charge in [-0.2, -0.15) is 0 Å². The molecule has 1 aliphatic rings. The van der Waals surface area contributed by atoms with Crippen LogP contribution in [-0.2, 0) is 6.54 Å². The molecule has 0 aliphatic heterocycles. The maximum atomic E-state index is 13.4. The SMILES string of the molecule is CCOc1ccc(-c2cc(C(=O)NC3CC(CN(C)Cc4ccccc4)C3)c3ccccc3n2)cc1. The minimum absolute atomic E-state index is 0.0260. The van der Waals surface area contributed by atoms with E-state index in [4.69, 9.17) is 9.72 Å². The lowest BCUT2D eigenvalue weighted by Crippen LogP contribution is -2.47. The number of para-hydroxylation sites is 1. The maximum absolute atomic E-state index is 13.4. The molecule has 4 aromatic rings. The summed E-state index contributed by atoms with van der Waals surface area (Å²) >= 11 is 0. The fourth-order valence-corrected chi connectivity index (χ4v) is 5.07. The Morgan fingerprint density at radius 3 is 2.47 bits per heavy atom. The zero-order chi connectivity index (χ0) is 24.9. The minimum Gasteiger partial charge on any atom is -0.494 e.